The highest BCUT2D eigenvalue weighted by Crippen LogP contribution is 2.33. The summed E-state index contributed by atoms with van der Waals surface area (Å²) in [4.78, 5) is 6.84. The largest absolute Gasteiger partial charge is 0.388 e. The first-order chi connectivity index (χ1) is 9.25. The molecule has 0 unspecified atom stereocenters. The molecule has 0 spiro atoms. The molecule has 0 amide bonds. The molecule has 0 aliphatic carbocycles. The summed E-state index contributed by atoms with van der Waals surface area (Å²) >= 11 is 5.00. The Morgan fingerprint density at radius 1 is 1.26 bits per heavy atom. The van der Waals surface area contributed by atoms with Crippen LogP contribution in [0.2, 0.25) is 0 Å². The first kappa shape index (κ1) is 12.1. The maximum atomic E-state index is 5.66. The number of anilines is 2. The minimum atomic E-state index is 0.340. The number of aryl methyl sites for hydroxylation is 1. The Labute approximate surface area is 118 Å². The Morgan fingerprint density at radius 3 is 2.95 bits per heavy atom. The summed E-state index contributed by atoms with van der Waals surface area (Å²) in [5, 5.41) is 0. The van der Waals surface area contributed by atoms with Crippen molar-refractivity contribution < 1.29 is 0 Å². The van der Waals surface area contributed by atoms with Crippen LogP contribution in [-0.4, -0.2) is 16.5 Å². The molecule has 3 nitrogen and oxygen atoms in total. The zero-order valence-corrected chi connectivity index (χ0v) is 11.4. The normalized spacial score (nSPS) is 14.0. The van der Waals surface area contributed by atoms with Crippen LogP contribution in [0, 0.1) is 0 Å². The third kappa shape index (κ3) is 2.31. The average Bonchev–Trinajstić information content (AvgIpc) is 2.47. The monoisotopic (exact) mass is 269 g/mol. The zero-order chi connectivity index (χ0) is 13.2. The number of nitrogens with zero attached hydrogens (tertiary/aromatic N) is 2. The van der Waals surface area contributed by atoms with E-state index in [9.17, 15) is 0 Å². The van der Waals surface area contributed by atoms with Gasteiger partial charge in [0, 0.05) is 24.1 Å². The van der Waals surface area contributed by atoms with E-state index in [0.29, 0.717) is 10.7 Å². The molecule has 1 aromatic heterocycles. The summed E-state index contributed by atoms with van der Waals surface area (Å²) in [5.74, 6) is 0. The van der Waals surface area contributed by atoms with Crippen molar-refractivity contribution in [3.8, 4) is 0 Å². The standard InChI is InChI=1S/C15H15N3S/c16-15(19)13-10-12(7-8-17-13)18-9-3-5-11-4-1-2-6-14(11)18/h1-2,4,6-8,10H,3,5,9H2,(H2,16,19). The van der Waals surface area contributed by atoms with Gasteiger partial charge in [-0.15, -0.1) is 0 Å². The van der Waals surface area contributed by atoms with E-state index in [2.05, 4.69) is 34.1 Å². The van der Waals surface area contributed by atoms with Crippen molar-refractivity contribution in [2.45, 2.75) is 12.8 Å². The second-order valence-electron chi connectivity index (χ2n) is 4.65. The van der Waals surface area contributed by atoms with Crippen molar-refractivity contribution in [2.24, 2.45) is 5.73 Å². The highest BCUT2D eigenvalue weighted by molar-refractivity contribution is 7.80. The molecule has 19 heavy (non-hydrogen) atoms. The number of para-hydroxylation sites is 1. The summed E-state index contributed by atoms with van der Waals surface area (Å²) in [7, 11) is 0. The number of fused-ring (bicyclic) bond motifs is 1. The van der Waals surface area contributed by atoms with E-state index in [4.69, 9.17) is 18.0 Å². The number of rotatable bonds is 2. The lowest BCUT2D eigenvalue weighted by Gasteiger charge is -2.31. The van der Waals surface area contributed by atoms with Crippen molar-refractivity contribution in [1.29, 1.82) is 0 Å². The van der Waals surface area contributed by atoms with Crippen molar-refractivity contribution in [3.63, 3.8) is 0 Å². The van der Waals surface area contributed by atoms with Gasteiger partial charge in [-0.3, -0.25) is 4.98 Å². The van der Waals surface area contributed by atoms with Crippen LogP contribution in [0.15, 0.2) is 42.6 Å². The van der Waals surface area contributed by atoms with Crippen LogP contribution in [0.25, 0.3) is 0 Å². The molecule has 1 aliphatic heterocycles. The van der Waals surface area contributed by atoms with E-state index >= 15 is 0 Å². The van der Waals surface area contributed by atoms with Gasteiger partial charge in [0.2, 0.25) is 0 Å². The second-order valence-corrected chi connectivity index (χ2v) is 5.09. The Balaban J connectivity index is 2.04. The molecule has 0 fully saturated rings. The van der Waals surface area contributed by atoms with Crippen LogP contribution in [0.1, 0.15) is 17.7 Å². The van der Waals surface area contributed by atoms with Gasteiger partial charge in [0.15, 0.2) is 0 Å². The van der Waals surface area contributed by atoms with Gasteiger partial charge in [-0.1, -0.05) is 30.4 Å². The van der Waals surface area contributed by atoms with Crippen molar-refractivity contribution in [1.82, 2.24) is 4.98 Å². The number of pyridine rings is 1. The number of thiocarbonyl (C=S) groups is 1. The SMILES string of the molecule is NC(=S)c1cc(N2CCCc3ccccc32)ccn1. The van der Waals surface area contributed by atoms with Gasteiger partial charge >= 0.3 is 0 Å². The van der Waals surface area contributed by atoms with Crippen molar-refractivity contribution in [3.05, 3.63) is 53.9 Å². The Kier molecular flexibility index (Phi) is 3.17. The molecule has 1 aromatic carbocycles. The van der Waals surface area contributed by atoms with E-state index in [1.807, 2.05) is 12.1 Å². The first-order valence-corrected chi connectivity index (χ1v) is 6.78. The minimum absolute atomic E-state index is 0.340. The molecule has 96 valence electrons. The maximum absolute atomic E-state index is 5.66. The van der Waals surface area contributed by atoms with Crippen LogP contribution in [0.4, 0.5) is 11.4 Å². The van der Waals surface area contributed by atoms with E-state index in [1.54, 1.807) is 6.20 Å². The van der Waals surface area contributed by atoms with Crippen LogP contribution in [0.3, 0.4) is 0 Å². The maximum Gasteiger partial charge on any atom is 0.122 e. The molecule has 0 saturated carbocycles. The lowest BCUT2D eigenvalue weighted by atomic mass is 10.0. The fourth-order valence-corrected chi connectivity index (χ4v) is 2.64. The molecule has 0 radical (unpaired) electrons. The van der Waals surface area contributed by atoms with Gasteiger partial charge < -0.3 is 10.6 Å². The average molecular weight is 269 g/mol. The molecule has 0 bridgehead atoms. The molecule has 2 heterocycles. The van der Waals surface area contributed by atoms with Gasteiger partial charge in [-0.05, 0) is 36.6 Å². The van der Waals surface area contributed by atoms with E-state index in [1.165, 1.54) is 11.3 Å². The molecule has 2 aromatic rings. The van der Waals surface area contributed by atoms with Crippen LogP contribution in [0.5, 0.6) is 0 Å². The van der Waals surface area contributed by atoms with Gasteiger partial charge in [0.05, 0.1) is 5.69 Å². The Hall–Kier alpha value is -1.94. The predicted octanol–water partition coefficient (Wildman–Crippen LogP) is 2.80. The van der Waals surface area contributed by atoms with E-state index in [-0.39, 0.29) is 0 Å². The van der Waals surface area contributed by atoms with Gasteiger partial charge in [-0.25, -0.2) is 0 Å². The van der Waals surface area contributed by atoms with Crippen molar-refractivity contribution in [2.75, 3.05) is 11.4 Å². The highest BCUT2D eigenvalue weighted by Gasteiger charge is 2.18. The van der Waals surface area contributed by atoms with Gasteiger partial charge in [0.25, 0.3) is 0 Å². The fraction of sp³-hybridized carbons (Fsp3) is 0.200. The highest BCUT2D eigenvalue weighted by atomic mass is 32.1. The zero-order valence-electron chi connectivity index (χ0n) is 10.5. The summed E-state index contributed by atoms with van der Waals surface area (Å²) in [6, 6.07) is 12.5. The molecule has 2 N–H and O–H groups in total. The number of aromatic nitrogens is 1. The van der Waals surface area contributed by atoms with E-state index in [0.717, 1.165) is 25.1 Å². The fourth-order valence-electron chi connectivity index (χ4n) is 2.52. The lowest BCUT2D eigenvalue weighted by molar-refractivity contribution is 0.766. The molecule has 3 rings (SSSR count). The first-order valence-electron chi connectivity index (χ1n) is 6.37. The minimum Gasteiger partial charge on any atom is -0.388 e. The molecular formula is C15H15N3S. The second kappa shape index (κ2) is 4.97. The third-order valence-electron chi connectivity index (χ3n) is 3.42. The van der Waals surface area contributed by atoms with Crippen LogP contribution < -0.4 is 10.6 Å². The molecule has 0 atom stereocenters. The predicted molar refractivity (Wildman–Crippen MR) is 81.9 cm³/mol. The lowest BCUT2D eigenvalue weighted by Crippen LogP contribution is -2.25. The Bertz CT molecular complexity index is 624. The molecule has 0 saturated heterocycles. The topological polar surface area (TPSA) is 42.1 Å². The summed E-state index contributed by atoms with van der Waals surface area (Å²) in [6.45, 7) is 1.01. The van der Waals surface area contributed by atoms with Crippen LogP contribution >= 0.6 is 12.2 Å². The molecular weight excluding hydrogens is 254 g/mol. The van der Waals surface area contributed by atoms with E-state index < -0.39 is 0 Å². The molecule has 4 heteroatoms. The summed E-state index contributed by atoms with van der Waals surface area (Å²) < 4.78 is 0. The number of hydrogen-bond donors (Lipinski definition) is 1. The summed E-state index contributed by atoms with van der Waals surface area (Å²) in [5.41, 5.74) is 10.1. The quantitative estimate of drug-likeness (QED) is 0.851. The smallest absolute Gasteiger partial charge is 0.122 e. The third-order valence-corrected chi connectivity index (χ3v) is 3.63. The van der Waals surface area contributed by atoms with Crippen molar-refractivity contribution >= 4 is 28.6 Å². The summed E-state index contributed by atoms with van der Waals surface area (Å²) in [6.07, 6.45) is 4.06. The number of benzene rings is 1. The number of hydrogen-bond acceptors (Lipinski definition) is 3. The van der Waals surface area contributed by atoms with Gasteiger partial charge in [-0.2, -0.15) is 0 Å². The van der Waals surface area contributed by atoms with Gasteiger partial charge in [0.1, 0.15) is 4.99 Å². The Morgan fingerprint density at radius 2 is 2.11 bits per heavy atom. The molecule has 1 aliphatic rings. The number of nitrogens with two attached hydrogens (primary N) is 1. The van der Waals surface area contributed by atoms with Crippen LogP contribution in [-0.2, 0) is 6.42 Å².